The maximum atomic E-state index is 14.9. The Balaban J connectivity index is 1.43. The van der Waals surface area contributed by atoms with Crippen LogP contribution in [0.2, 0.25) is 5.02 Å². The highest BCUT2D eigenvalue weighted by atomic mass is 35.5. The molecular formula is C25H23ClFN5O2. The molecule has 0 spiro atoms. The molecule has 1 saturated carbocycles. The largest absolute Gasteiger partial charge is 0.373 e. The van der Waals surface area contributed by atoms with Gasteiger partial charge in [-0.25, -0.2) is 9.07 Å². The smallest absolute Gasteiger partial charge is 0.274 e. The maximum Gasteiger partial charge on any atom is 0.274 e. The maximum absolute atomic E-state index is 14.9. The lowest BCUT2D eigenvalue weighted by Crippen LogP contribution is -2.22. The second-order valence-corrected chi connectivity index (χ2v) is 9.56. The summed E-state index contributed by atoms with van der Waals surface area (Å²) in [6, 6.07) is 6.82. The molecule has 1 saturated heterocycles. The lowest BCUT2D eigenvalue weighted by molar-refractivity contribution is 0.00463. The van der Waals surface area contributed by atoms with Crippen molar-refractivity contribution in [2.75, 3.05) is 6.61 Å². The molecule has 1 aliphatic heterocycles. The van der Waals surface area contributed by atoms with Crippen LogP contribution < -0.4 is 5.56 Å². The van der Waals surface area contributed by atoms with E-state index in [4.69, 9.17) is 21.3 Å². The first kappa shape index (κ1) is 21.4. The van der Waals surface area contributed by atoms with Crippen LogP contribution in [0.5, 0.6) is 0 Å². The van der Waals surface area contributed by atoms with E-state index in [2.05, 4.69) is 16.4 Å². The van der Waals surface area contributed by atoms with Crippen molar-refractivity contribution in [1.29, 1.82) is 0 Å². The number of rotatable bonds is 4. The summed E-state index contributed by atoms with van der Waals surface area (Å²) in [5.74, 6) is -0.434. The van der Waals surface area contributed by atoms with Crippen molar-refractivity contribution >= 4 is 22.4 Å². The third-order valence-electron chi connectivity index (χ3n) is 6.77. The molecule has 34 heavy (non-hydrogen) atoms. The molecular weight excluding hydrogens is 457 g/mol. The van der Waals surface area contributed by atoms with Crippen LogP contribution in [0.15, 0.2) is 47.7 Å². The summed E-state index contributed by atoms with van der Waals surface area (Å²) >= 11 is 5.97. The van der Waals surface area contributed by atoms with E-state index in [-0.39, 0.29) is 17.6 Å². The van der Waals surface area contributed by atoms with Gasteiger partial charge in [-0.2, -0.15) is 10.2 Å². The van der Waals surface area contributed by atoms with Crippen molar-refractivity contribution in [2.45, 2.75) is 43.7 Å². The summed E-state index contributed by atoms with van der Waals surface area (Å²) in [5, 5.41) is 9.93. The van der Waals surface area contributed by atoms with E-state index >= 15 is 0 Å². The molecule has 0 radical (unpaired) electrons. The van der Waals surface area contributed by atoms with Crippen molar-refractivity contribution in [3.63, 3.8) is 0 Å². The van der Waals surface area contributed by atoms with E-state index in [1.54, 1.807) is 25.4 Å². The molecule has 6 rings (SSSR count). The number of ether oxygens (including phenoxy) is 1. The van der Waals surface area contributed by atoms with Gasteiger partial charge in [-0.15, -0.1) is 0 Å². The molecule has 1 aliphatic carbocycles. The summed E-state index contributed by atoms with van der Waals surface area (Å²) in [6.07, 6.45) is 9.25. The Morgan fingerprint density at radius 1 is 1.12 bits per heavy atom. The molecule has 9 heteroatoms. The number of hydrogen-bond acceptors (Lipinski definition) is 5. The Morgan fingerprint density at radius 3 is 2.76 bits per heavy atom. The number of hydrogen-bond donors (Lipinski definition) is 0. The molecule has 7 nitrogen and oxygen atoms in total. The second kappa shape index (κ2) is 8.29. The Hall–Kier alpha value is -3.10. The molecule has 1 aromatic carbocycles. The van der Waals surface area contributed by atoms with E-state index in [9.17, 15) is 9.18 Å². The minimum Gasteiger partial charge on any atom is -0.373 e. The van der Waals surface area contributed by atoms with Crippen LogP contribution in [-0.4, -0.2) is 31.2 Å². The predicted molar refractivity (Wildman–Crippen MR) is 126 cm³/mol. The molecule has 174 valence electrons. The molecule has 2 aliphatic rings. The third kappa shape index (κ3) is 3.80. The van der Waals surface area contributed by atoms with Gasteiger partial charge in [0, 0.05) is 53.0 Å². The Labute approximate surface area is 200 Å². The number of halogens is 2. The van der Waals surface area contributed by atoms with Gasteiger partial charge in [-0.1, -0.05) is 11.6 Å². The van der Waals surface area contributed by atoms with E-state index < -0.39 is 5.82 Å². The zero-order valence-corrected chi connectivity index (χ0v) is 19.4. The highest BCUT2D eigenvalue weighted by Crippen LogP contribution is 2.40. The van der Waals surface area contributed by atoms with Crippen LogP contribution in [0, 0.1) is 5.82 Å². The van der Waals surface area contributed by atoms with Gasteiger partial charge in [0.2, 0.25) is 0 Å². The average molecular weight is 480 g/mol. The van der Waals surface area contributed by atoms with Gasteiger partial charge in [0.15, 0.2) is 0 Å². The molecule has 0 N–H and O–H groups in total. The van der Waals surface area contributed by atoms with E-state index in [0.29, 0.717) is 46.1 Å². The van der Waals surface area contributed by atoms with Crippen molar-refractivity contribution in [3.05, 3.63) is 75.3 Å². The van der Waals surface area contributed by atoms with Crippen LogP contribution in [0.3, 0.4) is 0 Å². The van der Waals surface area contributed by atoms with Crippen molar-refractivity contribution < 1.29 is 9.13 Å². The number of pyridine rings is 1. The molecule has 2 fully saturated rings. The fourth-order valence-electron chi connectivity index (χ4n) is 4.71. The third-order valence-corrected chi connectivity index (χ3v) is 7.00. The first-order chi connectivity index (χ1) is 16.5. The van der Waals surface area contributed by atoms with Crippen LogP contribution in [0.1, 0.15) is 55.0 Å². The van der Waals surface area contributed by atoms with E-state index in [1.807, 2.05) is 16.9 Å². The lowest BCUT2D eigenvalue weighted by Gasteiger charge is -2.29. The number of aromatic nitrogens is 5. The first-order valence-corrected chi connectivity index (χ1v) is 11.8. The highest BCUT2D eigenvalue weighted by Gasteiger charge is 2.30. The van der Waals surface area contributed by atoms with Gasteiger partial charge in [0.25, 0.3) is 5.56 Å². The summed E-state index contributed by atoms with van der Waals surface area (Å²) in [7, 11) is 1.60. The summed E-state index contributed by atoms with van der Waals surface area (Å²) in [4.78, 5) is 17.8. The van der Waals surface area contributed by atoms with Gasteiger partial charge in [-0.05, 0) is 49.9 Å². The minimum absolute atomic E-state index is 0.0550. The quantitative estimate of drug-likeness (QED) is 0.414. The number of aryl methyl sites for hydroxylation is 1. The molecule has 0 amide bonds. The molecule has 2 atom stereocenters. The molecule has 0 bridgehead atoms. The molecule has 4 aromatic rings. The molecule has 4 heterocycles. The fraction of sp³-hybridized carbons (Fsp3) is 0.360. The van der Waals surface area contributed by atoms with Crippen LogP contribution in [0.25, 0.3) is 22.0 Å². The fourth-order valence-corrected chi connectivity index (χ4v) is 4.86. The summed E-state index contributed by atoms with van der Waals surface area (Å²) in [6.45, 7) is 0.572. The zero-order chi connectivity index (χ0) is 23.4. The zero-order valence-electron chi connectivity index (χ0n) is 18.6. The Bertz CT molecular complexity index is 1460. The summed E-state index contributed by atoms with van der Waals surface area (Å²) < 4.78 is 24.3. The summed E-state index contributed by atoms with van der Waals surface area (Å²) in [5.41, 5.74) is 2.26. The van der Waals surface area contributed by atoms with Crippen molar-refractivity contribution in [3.8, 4) is 11.3 Å². The van der Waals surface area contributed by atoms with Crippen LogP contribution in [0.4, 0.5) is 4.39 Å². The monoisotopic (exact) mass is 479 g/mol. The van der Waals surface area contributed by atoms with E-state index in [0.717, 1.165) is 17.7 Å². The number of benzene rings is 1. The van der Waals surface area contributed by atoms with Gasteiger partial charge < -0.3 is 4.74 Å². The number of nitrogens with zero attached hydrogens (tertiary/aromatic N) is 5. The second-order valence-electron chi connectivity index (χ2n) is 9.12. The highest BCUT2D eigenvalue weighted by molar-refractivity contribution is 6.30. The minimum atomic E-state index is -0.489. The average Bonchev–Trinajstić information content (AvgIpc) is 3.57. The SMILES string of the molecule is Cn1ncc2c(-c3ccc(Cl)cc3F)nc([C@H]3CCO[C@H](c4cnn(C5CC5)c4)C3)cc2c1=O. The van der Waals surface area contributed by atoms with Gasteiger partial charge in [0.05, 0.1) is 35.6 Å². The first-order valence-electron chi connectivity index (χ1n) is 11.5. The van der Waals surface area contributed by atoms with Crippen LogP contribution in [-0.2, 0) is 11.8 Å². The standard InChI is InChI=1S/C25H23ClFN5O2/c1-31-25(33)19-10-22(30-24(20(19)12-28-31)18-5-2-16(26)9-21(18)27)14-6-7-34-23(8-14)15-11-29-32(13-15)17-3-4-17/h2,5,9-14,17,23H,3-4,6-8H2,1H3/t14-,23-/m0/s1. The molecule has 3 aromatic heterocycles. The van der Waals surface area contributed by atoms with Gasteiger partial charge in [0.1, 0.15) is 5.82 Å². The molecule has 0 unspecified atom stereocenters. The topological polar surface area (TPSA) is 74.8 Å². The van der Waals surface area contributed by atoms with Crippen molar-refractivity contribution in [2.24, 2.45) is 7.05 Å². The number of fused-ring (bicyclic) bond motifs is 1. The normalized spacial score (nSPS) is 20.7. The lowest BCUT2D eigenvalue weighted by atomic mass is 9.89. The van der Waals surface area contributed by atoms with E-state index in [1.165, 1.54) is 23.6 Å². The van der Waals surface area contributed by atoms with Crippen LogP contribution >= 0.6 is 11.6 Å². The Kier molecular flexibility index (Phi) is 5.22. The van der Waals surface area contributed by atoms with Gasteiger partial charge >= 0.3 is 0 Å². The Morgan fingerprint density at radius 2 is 1.97 bits per heavy atom. The van der Waals surface area contributed by atoms with Crippen molar-refractivity contribution in [1.82, 2.24) is 24.5 Å². The van der Waals surface area contributed by atoms with Gasteiger partial charge in [-0.3, -0.25) is 14.5 Å². The predicted octanol–water partition coefficient (Wildman–Crippen LogP) is 4.95.